The summed E-state index contributed by atoms with van der Waals surface area (Å²) in [5.41, 5.74) is 6.76. The number of thiophene rings is 1. The Balaban J connectivity index is 1.51. The summed E-state index contributed by atoms with van der Waals surface area (Å²) in [5, 5.41) is 24.3. The Bertz CT molecular complexity index is 1430. The molecule has 1 amide bonds. The second kappa shape index (κ2) is 11.2. The molecule has 3 aromatic rings. The van der Waals surface area contributed by atoms with E-state index in [4.69, 9.17) is 0 Å². The molecule has 0 radical (unpaired) electrons. The van der Waals surface area contributed by atoms with Crippen molar-refractivity contribution >= 4 is 45.8 Å². The summed E-state index contributed by atoms with van der Waals surface area (Å²) in [5.74, 6) is -0.0462. The van der Waals surface area contributed by atoms with E-state index in [-0.39, 0.29) is 5.91 Å². The van der Waals surface area contributed by atoms with Gasteiger partial charge in [-0.15, -0.1) is 22.7 Å². The predicted molar refractivity (Wildman–Crippen MR) is 152 cm³/mol. The molecule has 2 aliphatic rings. The van der Waals surface area contributed by atoms with Crippen molar-refractivity contribution in [1.82, 2.24) is 9.88 Å². The normalized spacial score (nSPS) is 20.2. The number of anilines is 1. The Labute approximate surface area is 230 Å². The maximum Gasteiger partial charge on any atom is 0.346 e. The zero-order valence-corrected chi connectivity index (χ0v) is 23.1. The smallest absolute Gasteiger partial charge is 0.346 e. The number of hydrogen-bond acceptors (Lipinski definition) is 7. The predicted octanol–water partition coefficient (Wildman–Crippen LogP) is 6.61. The van der Waals surface area contributed by atoms with E-state index in [1.807, 2.05) is 12.1 Å². The minimum absolute atomic E-state index is 0.298. The van der Waals surface area contributed by atoms with E-state index >= 15 is 0 Å². The molecule has 1 fully saturated rings. The van der Waals surface area contributed by atoms with E-state index in [9.17, 15) is 20.0 Å². The van der Waals surface area contributed by atoms with Crippen LogP contribution in [0.1, 0.15) is 70.3 Å². The molecule has 1 saturated carbocycles. The second-order valence-corrected chi connectivity index (χ2v) is 12.1. The average Bonchev–Trinajstić information content (AvgIpc) is 3.60. The van der Waals surface area contributed by atoms with Crippen LogP contribution in [0.25, 0.3) is 16.0 Å². The van der Waals surface area contributed by atoms with Gasteiger partial charge in [-0.05, 0) is 73.1 Å². The number of nitrogens with zero attached hydrogens (tertiary/aromatic N) is 3. The molecule has 0 saturated heterocycles. The number of carboxylic acids is 1. The van der Waals surface area contributed by atoms with Crippen molar-refractivity contribution in [2.75, 3.05) is 25.5 Å². The van der Waals surface area contributed by atoms with E-state index in [1.165, 1.54) is 46.7 Å². The van der Waals surface area contributed by atoms with Crippen LogP contribution in [0.15, 0.2) is 40.7 Å². The number of carboxylic acid groups (broad SMARTS) is 1. The first-order chi connectivity index (χ1) is 18.3. The van der Waals surface area contributed by atoms with Crippen molar-refractivity contribution in [2.45, 2.75) is 39.0 Å². The second-order valence-electron chi connectivity index (χ2n) is 10.3. The van der Waals surface area contributed by atoms with Crippen LogP contribution < -0.4 is 5.32 Å². The molecule has 38 heavy (non-hydrogen) atoms. The van der Waals surface area contributed by atoms with E-state index < -0.39 is 5.97 Å². The first kappa shape index (κ1) is 26.3. The molecular formula is C29H30N4O3S2. The molecule has 196 valence electrons. The Kier molecular flexibility index (Phi) is 7.75. The highest BCUT2D eigenvalue weighted by Gasteiger charge is 2.30. The monoisotopic (exact) mass is 546 g/mol. The molecule has 2 N–H and O–H groups in total. The Hall–Kier alpha value is -3.32. The highest BCUT2D eigenvalue weighted by atomic mass is 32.1. The number of likely N-dealkylation sites (N-methyl/N-ethyl adjacent to an activating group) is 1. The third-order valence-corrected chi connectivity index (χ3v) is 9.43. The summed E-state index contributed by atoms with van der Waals surface area (Å²) in [7, 11) is 2.14. The zero-order valence-electron chi connectivity index (χ0n) is 21.5. The van der Waals surface area contributed by atoms with Gasteiger partial charge in [-0.25, -0.2) is 9.78 Å². The molecule has 9 heteroatoms. The van der Waals surface area contributed by atoms with Gasteiger partial charge in [0.15, 0.2) is 0 Å². The van der Waals surface area contributed by atoms with E-state index in [1.54, 1.807) is 23.0 Å². The fourth-order valence-corrected chi connectivity index (χ4v) is 7.10. The number of carbonyl (C=O) groups is 2. The number of amides is 1. The van der Waals surface area contributed by atoms with Gasteiger partial charge in [0.2, 0.25) is 0 Å². The number of thiazole rings is 1. The first-order valence-corrected chi connectivity index (χ1v) is 14.6. The molecule has 0 bridgehead atoms. The average molecular weight is 547 g/mol. The van der Waals surface area contributed by atoms with Gasteiger partial charge in [0.1, 0.15) is 16.6 Å². The largest absolute Gasteiger partial charge is 0.477 e. The fourth-order valence-electron chi connectivity index (χ4n) is 5.55. The summed E-state index contributed by atoms with van der Waals surface area (Å²) in [6.45, 7) is 4.10. The summed E-state index contributed by atoms with van der Waals surface area (Å²) in [6, 6.07) is 9.39. The van der Waals surface area contributed by atoms with E-state index in [2.05, 4.69) is 35.2 Å². The van der Waals surface area contributed by atoms with Gasteiger partial charge in [-0.1, -0.05) is 25.8 Å². The van der Waals surface area contributed by atoms with Crippen LogP contribution in [0.2, 0.25) is 0 Å². The Morgan fingerprint density at radius 1 is 1.21 bits per heavy atom. The molecule has 2 aromatic heterocycles. The number of hydrogen-bond donors (Lipinski definition) is 2. The number of nitrogens with one attached hydrogen (secondary N) is 1. The van der Waals surface area contributed by atoms with Gasteiger partial charge in [-0.3, -0.25) is 4.79 Å². The lowest BCUT2D eigenvalue weighted by Crippen LogP contribution is -2.31. The van der Waals surface area contributed by atoms with Crippen molar-refractivity contribution in [1.29, 1.82) is 5.26 Å². The standard InChI is InChI=1S/C29H30N4O3S2/c1-17-3-5-18(6-4-17)23-14-33(2)10-9-21(23)22-12-26(38-27(22)29(35)36)19-7-8-24(20(11-19)13-30)32-28(34)25-15-37-16-31-25/h7-8,11-12,15-18H,3-6,9-10,14H2,1-2H3,(H,32,34)(H,35,36). The lowest BCUT2D eigenvalue weighted by Gasteiger charge is -2.35. The number of carbonyl (C=O) groups excluding carboxylic acids is 1. The van der Waals surface area contributed by atoms with E-state index in [0.717, 1.165) is 54.3 Å². The lowest BCUT2D eigenvalue weighted by atomic mass is 9.75. The third kappa shape index (κ3) is 5.44. The van der Waals surface area contributed by atoms with Crippen molar-refractivity contribution in [2.24, 2.45) is 11.8 Å². The molecule has 7 nitrogen and oxygen atoms in total. The van der Waals surface area contributed by atoms with Gasteiger partial charge < -0.3 is 15.3 Å². The van der Waals surface area contributed by atoms with Crippen LogP contribution in [-0.2, 0) is 0 Å². The minimum Gasteiger partial charge on any atom is -0.477 e. The van der Waals surface area contributed by atoms with Crippen molar-refractivity contribution < 1.29 is 14.7 Å². The molecule has 3 heterocycles. The number of rotatable bonds is 6. The summed E-state index contributed by atoms with van der Waals surface area (Å²) in [4.78, 5) is 32.3. The highest BCUT2D eigenvalue weighted by molar-refractivity contribution is 7.17. The summed E-state index contributed by atoms with van der Waals surface area (Å²) < 4.78 is 0. The minimum atomic E-state index is -0.924. The highest BCUT2D eigenvalue weighted by Crippen LogP contribution is 2.43. The van der Waals surface area contributed by atoms with Gasteiger partial charge in [0.25, 0.3) is 5.91 Å². The quantitative estimate of drug-likeness (QED) is 0.360. The summed E-state index contributed by atoms with van der Waals surface area (Å²) >= 11 is 2.57. The number of aromatic nitrogens is 1. The van der Waals surface area contributed by atoms with Crippen molar-refractivity contribution in [3.63, 3.8) is 0 Å². The van der Waals surface area contributed by atoms with Gasteiger partial charge in [0, 0.05) is 28.9 Å². The lowest BCUT2D eigenvalue weighted by molar-refractivity contribution is 0.0701. The molecule has 1 aliphatic carbocycles. The third-order valence-electron chi connectivity index (χ3n) is 7.67. The number of aromatic carboxylic acids is 1. The van der Waals surface area contributed by atoms with Crippen LogP contribution in [-0.4, -0.2) is 47.0 Å². The molecular weight excluding hydrogens is 516 g/mol. The van der Waals surface area contributed by atoms with Crippen LogP contribution >= 0.6 is 22.7 Å². The fraction of sp³-hybridized carbons (Fsp3) is 0.379. The molecule has 0 unspecified atom stereocenters. The van der Waals surface area contributed by atoms with Crippen LogP contribution in [0.5, 0.6) is 0 Å². The maximum atomic E-state index is 12.5. The van der Waals surface area contributed by atoms with Crippen molar-refractivity contribution in [3.8, 4) is 16.5 Å². The van der Waals surface area contributed by atoms with Crippen LogP contribution in [0.3, 0.4) is 0 Å². The molecule has 1 aliphatic heterocycles. The maximum absolute atomic E-state index is 12.5. The van der Waals surface area contributed by atoms with Crippen molar-refractivity contribution in [3.05, 3.63) is 62.4 Å². The van der Waals surface area contributed by atoms with E-state index in [0.29, 0.717) is 27.7 Å². The Morgan fingerprint density at radius 3 is 2.68 bits per heavy atom. The number of nitriles is 1. The first-order valence-electron chi connectivity index (χ1n) is 12.9. The van der Waals surface area contributed by atoms with Gasteiger partial charge >= 0.3 is 5.97 Å². The van der Waals surface area contributed by atoms with Gasteiger partial charge in [-0.2, -0.15) is 5.26 Å². The topological polar surface area (TPSA) is 106 Å². The van der Waals surface area contributed by atoms with Crippen LogP contribution in [0.4, 0.5) is 5.69 Å². The van der Waals surface area contributed by atoms with Gasteiger partial charge in [0.05, 0.1) is 16.8 Å². The Morgan fingerprint density at radius 2 is 2.00 bits per heavy atom. The SMILES string of the molecule is CC1CCC(C2=C(c3cc(-c4ccc(NC(=O)c5cscn5)c(C#N)c4)sc3C(=O)O)CCN(C)C2)CC1. The zero-order chi connectivity index (χ0) is 26.8. The molecule has 0 spiro atoms. The number of benzene rings is 1. The summed E-state index contributed by atoms with van der Waals surface area (Å²) in [6.07, 6.45) is 5.58. The molecule has 1 aromatic carbocycles. The van der Waals surface area contributed by atoms with Crippen LogP contribution in [0, 0.1) is 23.2 Å². The molecule has 0 atom stereocenters. The molecule has 5 rings (SSSR count).